The molecule has 0 aliphatic heterocycles. The topological polar surface area (TPSA) is 17.1 Å². The minimum Gasteiger partial charge on any atom is -0.298 e. The fourth-order valence-corrected chi connectivity index (χ4v) is 7.61. The van der Waals surface area contributed by atoms with E-state index in [4.69, 9.17) is 0 Å². The van der Waals surface area contributed by atoms with E-state index < -0.39 is 35.3 Å². The van der Waals surface area contributed by atoms with E-state index >= 15 is 0 Å². The molecular weight excluding hydrogens is 663 g/mol. The molecule has 0 spiro atoms. The molecule has 48 heavy (non-hydrogen) atoms. The predicted molar refractivity (Wildman–Crippen MR) is 180 cm³/mol. The molecular formula is C39H28F6OS2. The molecule has 2 atom stereocenters. The molecule has 0 aliphatic carbocycles. The van der Waals surface area contributed by atoms with E-state index in [9.17, 15) is 31.1 Å². The van der Waals surface area contributed by atoms with Crippen LogP contribution in [0.4, 0.5) is 26.3 Å². The number of alkyl halides is 6. The highest BCUT2D eigenvalue weighted by Crippen LogP contribution is 2.41. The highest BCUT2D eigenvalue weighted by Gasteiger charge is 2.35. The van der Waals surface area contributed by atoms with Crippen LogP contribution in [0.25, 0.3) is 20.9 Å². The molecule has 0 radical (unpaired) electrons. The second-order valence-electron chi connectivity index (χ2n) is 11.4. The largest absolute Gasteiger partial charge is 0.416 e. The maximum Gasteiger partial charge on any atom is 0.416 e. The van der Waals surface area contributed by atoms with E-state index in [0.717, 1.165) is 34.0 Å². The summed E-state index contributed by atoms with van der Waals surface area (Å²) in [5, 5.41) is 3.67. The Bertz CT molecular complexity index is 1820. The van der Waals surface area contributed by atoms with Gasteiger partial charge in [0.25, 0.3) is 0 Å². The standard InChI is InChI=1S/C39H28F6OS2/c40-38(41,42)29-15-17-31(35-13-7-19-47-35)27(21-29)23-33(25-9-3-1-4-10-25)37(46)34(26-11-5-2-6-12-26)24-28-22-30(39(43,44)45)16-18-32(28)36-14-8-20-48-36/h1-22,33-34H,23-24H2. The normalized spacial score (nSPS) is 13.3. The lowest BCUT2D eigenvalue weighted by molar-refractivity contribution is -0.138. The van der Waals surface area contributed by atoms with E-state index in [2.05, 4.69) is 0 Å². The van der Waals surface area contributed by atoms with Gasteiger partial charge in [-0.25, -0.2) is 0 Å². The van der Waals surface area contributed by atoms with Gasteiger partial charge in [0, 0.05) is 21.6 Å². The Balaban J connectivity index is 1.49. The highest BCUT2D eigenvalue weighted by atomic mass is 32.1. The second-order valence-corrected chi connectivity index (χ2v) is 13.3. The van der Waals surface area contributed by atoms with Crippen LogP contribution >= 0.6 is 22.7 Å². The molecule has 2 heterocycles. The van der Waals surface area contributed by atoms with Gasteiger partial charge < -0.3 is 0 Å². The number of halogens is 6. The van der Waals surface area contributed by atoms with E-state index in [1.807, 2.05) is 35.0 Å². The van der Waals surface area contributed by atoms with Gasteiger partial charge in [0.1, 0.15) is 5.78 Å². The first kappa shape index (κ1) is 33.4. The van der Waals surface area contributed by atoms with Crippen LogP contribution in [0, 0.1) is 0 Å². The highest BCUT2D eigenvalue weighted by molar-refractivity contribution is 7.13. The fraction of sp³-hybridized carbons (Fsp3) is 0.154. The number of Topliss-reactive ketones (excluding diaryl/α,β-unsaturated/α-hetero) is 1. The van der Waals surface area contributed by atoms with Crippen molar-refractivity contribution < 1.29 is 31.1 Å². The number of carbonyl (C=O) groups excluding carboxylic acids is 1. The third-order valence-corrected chi connectivity index (χ3v) is 10.2. The van der Waals surface area contributed by atoms with Crippen LogP contribution in [-0.2, 0) is 30.0 Å². The summed E-state index contributed by atoms with van der Waals surface area (Å²) < 4.78 is 83.9. The van der Waals surface area contributed by atoms with Gasteiger partial charge in [-0.15, -0.1) is 22.7 Å². The number of hydrogen-bond donors (Lipinski definition) is 0. The number of hydrogen-bond acceptors (Lipinski definition) is 3. The van der Waals surface area contributed by atoms with Crippen molar-refractivity contribution in [1.29, 1.82) is 0 Å². The zero-order valence-corrected chi connectivity index (χ0v) is 26.9. The molecule has 0 saturated heterocycles. The molecule has 1 nitrogen and oxygen atoms in total. The van der Waals surface area contributed by atoms with Crippen molar-refractivity contribution in [1.82, 2.24) is 0 Å². The quantitative estimate of drug-likeness (QED) is 0.131. The number of ketones is 1. The minimum absolute atomic E-state index is 0.0380. The average molecular weight is 691 g/mol. The number of rotatable bonds is 10. The summed E-state index contributed by atoms with van der Waals surface area (Å²) >= 11 is 2.77. The summed E-state index contributed by atoms with van der Waals surface area (Å²) in [7, 11) is 0. The molecule has 0 amide bonds. The van der Waals surface area contributed by atoms with Crippen molar-refractivity contribution in [3.8, 4) is 20.9 Å². The Morgan fingerprint density at radius 1 is 0.521 bits per heavy atom. The molecule has 4 aromatic carbocycles. The Morgan fingerprint density at radius 2 is 0.917 bits per heavy atom. The van der Waals surface area contributed by atoms with E-state index in [1.165, 1.54) is 34.8 Å². The van der Waals surface area contributed by atoms with Crippen LogP contribution in [0.5, 0.6) is 0 Å². The summed E-state index contributed by atoms with van der Waals surface area (Å²) in [6.07, 6.45) is -9.26. The fourth-order valence-electron chi connectivity index (χ4n) is 6.04. The molecule has 9 heteroatoms. The number of benzene rings is 4. The third kappa shape index (κ3) is 7.48. The molecule has 2 unspecified atom stereocenters. The van der Waals surface area contributed by atoms with Crippen molar-refractivity contribution >= 4 is 28.5 Å². The SMILES string of the molecule is O=C(C(Cc1cc(C(F)(F)F)ccc1-c1cccs1)c1ccccc1)C(Cc1cc(C(F)(F)F)ccc1-c1cccs1)c1ccccc1. The molecule has 6 aromatic rings. The van der Waals surface area contributed by atoms with Crippen LogP contribution in [0.15, 0.2) is 132 Å². The Hall–Kier alpha value is -4.47. The first-order valence-electron chi connectivity index (χ1n) is 15.1. The Kier molecular flexibility index (Phi) is 9.71. The van der Waals surface area contributed by atoms with Crippen LogP contribution < -0.4 is 0 Å². The first-order valence-corrected chi connectivity index (χ1v) is 16.9. The van der Waals surface area contributed by atoms with E-state index in [1.54, 1.807) is 60.7 Å². The van der Waals surface area contributed by atoms with Crippen LogP contribution in [0.2, 0.25) is 0 Å². The van der Waals surface area contributed by atoms with Crippen molar-refractivity contribution in [2.75, 3.05) is 0 Å². The van der Waals surface area contributed by atoms with Crippen molar-refractivity contribution in [3.05, 3.63) is 165 Å². The molecule has 0 bridgehead atoms. The summed E-state index contributed by atoms with van der Waals surface area (Å²) in [5.74, 6) is -2.08. The summed E-state index contributed by atoms with van der Waals surface area (Å²) in [6, 6.07) is 32.2. The van der Waals surface area contributed by atoms with Gasteiger partial charge in [-0.3, -0.25) is 4.79 Å². The van der Waals surface area contributed by atoms with Crippen molar-refractivity contribution in [3.63, 3.8) is 0 Å². The lowest BCUT2D eigenvalue weighted by Crippen LogP contribution is -2.25. The van der Waals surface area contributed by atoms with Gasteiger partial charge in [0.15, 0.2) is 0 Å². The zero-order chi connectivity index (χ0) is 33.9. The van der Waals surface area contributed by atoms with E-state index in [-0.39, 0.29) is 18.6 Å². The Morgan fingerprint density at radius 3 is 1.25 bits per heavy atom. The molecule has 0 saturated carbocycles. The van der Waals surface area contributed by atoms with Gasteiger partial charge >= 0.3 is 12.4 Å². The molecule has 6 rings (SSSR count). The monoisotopic (exact) mass is 690 g/mol. The lowest BCUT2D eigenvalue weighted by atomic mass is 9.77. The van der Waals surface area contributed by atoms with Gasteiger partial charge in [-0.2, -0.15) is 26.3 Å². The molecule has 0 fully saturated rings. The third-order valence-electron chi connectivity index (χ3n) is 8.38. The first-order chi connectivity index (χ1) is 23.0. The number of thiophene rings is 2. The molecule has 244 valence electrons. The minimum atomic E-state index is -4.59. The summed E-state index contributed by atoms with van der Waals surface area (Å²) in [4.78, 5) is 16.5. The van der Waals surface area contributed by atoms with Crippen molar-refractivity contribution in [2.24, 2.45) is 0 Å². The summed E-state index contributed by atoms with van der Waals surface area (Å²) in [6.45, 7) is 0. The Labute approximate surface area is 282 Å². The second kappa shape index (κ2) is 13.9. The molecule has 2 aromatic heterocycles. The van der Waals surface area contributed by atoms with Gasteiger partial charge in [0.2, 0.25) is 0 Å². The van der Waals surface area contributed by atoms with E-state index in [0.29, 0.717) is 33.4 Å². The van der Waals surface area contributed by atoms with Crippen LogP contribution in [0.1, 0.15) is 45.2 Å². The average Bonchev–Trinajstić information content (AvgIpc) is 3.81. The summed E-state index contributed by atoms with van der Waals surface area (Å²) in [5.41, 5.74) is 1.50. The number of carbonyl (C=O) groups is 1. The molecule has 0 N–H and O–H groups in total. The maximum atomic E-state index is 15.0. The van der Waals surface area contributed by atoms with Crippen LogP contribution in [-0.4, -0.2) is 5.78 Å². The maximum absolute atomic E-state index is 15.0. The predicted octanol–water partition coefficient (Wildman–Crippen LogP) is 12.1. The smallest absolute Gasteiger partial charge is 0.298 e. The van der Waals surface area contributed by atoms with Gasteiger partial charge in [-0.1, -0.05) is 84.9 Å². The molecule has 0 aliphatic rings. The zero-order valence-electron chi connectivity index (χ0n) is 25.3. The lowest BCUT2D eigenvalue weighted by Gasteiger charge is -2.26. The van der Waals surface area contributed by atoms with Gasteiger partial charge in [0.05, 0.1) is 11.1 Å². The van der Waals surface area contributed by atoms with Crippen molar-refractivity contribution in [2.45, 2.75) is 37.0 Å². The van der Waals surface area contributed by atoms with Crippen LogP contribution in [0.3, 0.4) is 0 Å². The van der Waals surface area contributed by atoms with Gasteiger partial charge in [-0.05, 0) is 93.4 Å².